The van der Waals surface area contributed by atoms with Crippen molar-refractivity contribution in [2.24, 2.45) is 5.73 Å². The number of phenolic OH excluding ortho intramolecular Hbond substituents is 1. The third-order valence-corrected chi connectivity index (χ3v) is 4.32. The van der Waals surface area contributed by atoms with E-state index in [1.165, 1.54) is 0 Å². The second kappa shape index (κ2) is 3.49. The van der Waals surface area contributed by atoms with Crippen molar-refractivity contribution in [3.05, 3.63) is 27.7 Å². The maximum absolute atomic E-state index is 9.87. The smallest absolute Gasteiger partial charge is 0.132 e. The molecule has 1 saturated carbocycles. The Labute approximate surface area is 98.6 Å². The van der Waals surface area contributed by atoms with E-state index in [9.17, 15) is 5.11 Å². The summed E-state index contributed by atoms with van der Waals surface area (Å²) in [6.07, 6.45) is 2.23. The van der Waals surface area contributed by atoms with Gasteiger partial charge < -0.3 is 10.8 Å². The quantitative estimate of drug-likeness (QED) is 0.868. The molecule has 1 aliphatic carbocycles. The summed E-state index contributed by atoms with van der Waals surface area (Å²) in [6.45, 7) is 3.94. The highest BCUT2D eigenvalue weighted by Crippen LogP contribution is 2.54. The predicted octanol–water partition coefficient (Wildman–Crippen LogP) is 2.84. The van der Waals surface area contributed by atoms with Gasteiger partial charge in [-0.2, -0.15) is 0 Å². The number of aromatic hydroxyl groups is 1. The van der Waals surface area contributed by atoms with Crippen molar-refractivity contribution in [3.63, 3.8) is 0 Å². The van der Waals surface area contributed by atoms with Crippen LogP contribution in [-0.2, 0) is 5.41 Å². The highest BCUT2D eigenvalue weighted by molar-refractivity contribution is 9.10. The molecule has 1 aliphatic rings. The van der Waals surface area contributed by atoms with Gasteiger partial charge in [-0.1, -0.05) is 12.1 Å². The lowest BCUT2D eigenvalue weighted by Gasteiger charge is -2.22. The third-order valence-electron chi connectivity index (χ3n) is 3.51. The van der Waals surface area contributed by atoms with Crippen molar-refractivity contribution >= 4 is 15.9 Å². The number of hydrogen-bond acceptors (Lipinski definition) is 2. The Morgan fingerprint density at radius 1 is 1.47 bits per heavy atom. The number of halogens is 1. The first-order valence-electron chi connectivity index (χ1n) is 5.23. The monoisotopic (exact) mass is 269 g/mol. The molecule has 0 saturated heterocycles. The van der Waals surface area contributed by atoms with Crippen molar-refractivity contribution in [1.29, 1.82) is 0 Å². The number of aryl methyl sites for hydroxylation is 1. The van der Waals surface area contributed by atoms with E-state index in [2.05, 4.69) is 22.0 Å². The summed E-state index contributed by atoms with van der Waals surface area (Å²) in [5.41, 5.74) is 8.15. The summed E-state index contributed by atoms with van der Waals surface area (Å²) in [5.74, 6) is 0.347. The predicted molar refractivity (Wildman–Crippen MR) is 65.1 cm³/mol. The van der Waals surface area contributed by atoms with Gasteiger partial charge in [0.25, 0.3) is 0 Å². The molecule has 2 rings (SSSR count). The molecule has 0 aromatic heterocycles. The van der Waals surface area contributed by atoms with Crippen LogP contribution in [0.1, 0.15) is 30.9 Å². The molecule has 1 aromatic carbocycles. The van der Waals surface area contributed by atoms with Crippen molar-refractivity contribution in [2.75, 3.05) is 0 Å². The van der Waals surface area contributed by atoms with Crippen LogP contribution in [0.15, 0.2) is 16.6 Å². The SMILES string of the molecule is Cc1ccc(C2(C(C)N)CC2)c(Br)c1O. The van der Waals surface area contributed by atoms with E-state index in [0.29, 0.717) is 5.75 Å². The molecule has 1 fully saturated rings. The number of phenols is 1. The molecule has 0 heterocycles. The van der Waals surface area contributed by atoms with Crippen LogP contribution in [0.2, 0.25) is 0 Å². The van der Waals surface area contributed by atoms with Crippen molar-refractivity contribution in [2.45, 2.75) is 38.1 Å². The van der Waals surface area contributed by atoms with Crippen LogP contribution in [-0.4, -0.2) is 11.1 Å². The molecule has 0 amide bonds. The highest BCUT2D eigenvalue weighted by atomic mass is 79.9. The van der Waals surface area contributed by atoms with E-state index in [1.807, 2.05) is 19.9 Å². The standard InChI is InChI=1S/C12H16BrNO/c1-7-3-4-9(10(13)11(7)15)12(5-6-12)8(2)14/h3-4,8,15H,5-6,14H2,1-2H3. The number of benzene rings is 1. The van der Waals surface area contributed by atoms with Gasteiger partial charge >= 0.3 is 0 Å². The molecular formula is C12H16BrNO. The van der Waals surface area contributed by atoms with Gasteiger partial charge in [0.05, 0.1) is 4.47 Å². The lowest BCUT2D eigenvalue weighted by Crippen LogP contribution is -2.31. The average molecular weight is 270 g/mol. The van der Waals surface area contributed by atoms with Crippen molar-refractivity contribution in [3.8, 4) is 5.75 Å². The molecule has 1 atom stereocenters. The molecule has 2 nitrogen and oxygen atoms in total. The molecule has 1 unspecified atom stereocenters. The molecule has 3 N–H and O–H groups in total. The molecule has 0 spiro atoms. The summed E-state index contributed by atoms with van der Waals surface area (Å²) < 4.78 is 0.817. The zero-order valence-electron chi connectivity index (χ0n) is 9.05. The third kappa shape index (κ3) is 1.58. The van der Waals surface area contributed by atoms with Gasteiger partial charge in [0.1, 0.15) is 5.75 Å². The van der Waals surface area contributed by atoms with Gasteiger partial charge in [0.15, 0.2) is 0 Å². The lowest BCUT2D eigenvalue weighted by atomic mass is 9.89. The van der Waals surface area contributed by atoms with E-state index in [4.69, 9.17) is 5.73 Å². The molecule has 82 valence electrons. The zero-order chi connectivity index (χ0) is 11.2. The van der Waals surface area contributed by atoms with Crippen LogP contribution in [0.25, 0.3) is 0 Å². The second-order valence-corrected chi connectivity index (χ2v) is 5.33. The Kier molecular flexibility index (Phi) is 2.55. The summed E-state index contributed by atoms with van der Waals surface area (Å²) in [5, 5.41) is 9.87. The van der Waals surface area contributed by atoms with Gasteiger partial charge in [-0.05, 0) is 53.7 Å². The molecule has 0 radical (unpaired) electrons. The zero-order valence-corrected chi connectivity index (χ0v) is 10.6. The maximum atomic E-state index is 9.87. The van der Waals surface area contributed by atoms with E-state index in [1.54, 1.807) is 0 Å². The Morgan fingerprint density at radius 2 is 2.07 bits per heavy atom. The summed E-state index contributed by atoms with van der Waals surface area (Å²) in [7, 11) is 0. The summed E-state index contributed by atoms with van der Waals surface area (Å²) in [4.78, 5) is 0. The molecule has 15 heavy (non-hydrogen) atoms. The molecule has 0 bridgehead atoms. The Morgan fingerprint density at radius 3 is 2.53 bits per heavy atom. The van der Waals surface area contributed by atoms with E-state index in [0.717, 1.165) is 28.4 Å². The van der Waals surface area contributed by atoms with Gasteiger partial charge in [0.2, 0.25) is 0 Å². The fraction of sp³-hybridized carbons (Fsp3) is 0.500. The van der Waals surface area contributed by atoms with Gasteiger partial charge in [-0.25, -0.2) is 0 Å². The normalized spacial score (nSPS) is 20.0. The van der Waals surface area contributed by atoms with Crippen molar-refractivity contribution < 1.29 is 5.11 Å². The van der Waals surface area contributed by atoms with Crippen LogP contribution in [0.3, 0.4) is 0 Å². The second-order valence-electron chi connectivity index (χ2n) is 4.54. The van der Waals surface area contributed by atoms with E-state index >= 15 is 0 Å². The molecule has 1 aromatic rings. The topological polar surface area (TPSA) is 46.2 Å². The van der Waals surface area contributed by atoms with E-state index < -0.39 is 0 Å². The first-order valence-corrected chi connectivity index (χ1v) is 6.02. The summed E-state index contributed by atoms with van der Waals surface area (Å²) >= 11 is 3.47. The Hall–Kier alpha value is -0.540. The number of hydrogen-bond donors (Lipinski definition) is 2. The van der Waals surface area contributed by atoms with E-state index in [-0.39, 0.29) is 11.5 Å². The highest BCUT2D eigenvalue weighted by Gasteiger charge is 2.48. The molecule has 3 heteroatoms. The first-order chi connectivity index (χ1) is 6.99. The first kappa shape index (κ1) is 11.0. The lowest BCUT2D eigenvalue weighted by molar-refractivity contribution is 0.462. The Balaban J connectivity index is 2.51. The van der Waals surface area contributed by atoms with Gasteiger partial charge in [-0.3, -0.25) is 0 Å². The Bertz CT molecular complexity index is 397. The van der Waals surface area contributed by atoms with Crippen LogP contribution in [0, 0.1) is 6.92 Å². The van der Waals surface area contributed by atoms with Gasteiger partial charge in [-0.15, -0.1) is 0 Å². The maximum Gasteiger partial charge on any atom is 0.132 e. The number of nitrogens with two attached hydrogens (primary N) is 1. The summed E-state index contributed by atoms with van der Waals surface area (Å²) in [6, 6.07) is 4.17. The van der Waals surface area contributed by atoms with Crippen molar-refractivity contribution in [1.82, 2.24) is 0 Å². The number of rotatable bonds is 2. The largest absolute Gasteiger partial charge is 0.506 e. The fourth-order valence-electron chi connectivity index (χ4n) is 2.15. The average Bonchev–Trinajstić information content (AvgIpc) is 2.95. The van der Waals surface area contributed by atoms with Crippen LogP contribution in [0.4, 0.5) is 0 Å². The van der Waals surface area contributed by atoms with Gasteiger partial charge in [0, 0.05) is 11.5 Å². The van der Waals surface area contributed by atoms with Crippen LogP contribution < -0.4 is 5.73 Å². The minimum atomic E-state index is 0.0873. The molecular weight excluding hydrogens is 254 g/mol. The molecule has 0 aliphatic heterocycles. The minimum absolute atomic E-state index is 0.0873. The van der Waals surface area contributed by atoms with Crippen LogP contribution >= 0.6 is 15.9 Å². The van der Waals surface area contributed by atoms with Crippen LogP contribution in [0.5, 0.6) is 5.75 Å². The minimum Gasteiger partial charge on any atom is -0.506 e. The fourth-order valence-corrected chi connectivity index (χ4v) is 2.99.